The molecule has 0 bridgehead atoms. The van der Waals surface area contributed by atoms with Gasteiger partial charge in [-0.3, -0.25) is 9.59 Å². The van der Waals surface area contributed by atoms with Crippen LogP contribution >= 0.6 is 11.3 Å². The molecule has 0 radical (unpaired) electrons. The van der Waals surface area contributed by atoms with Crippen molar-refractivity contribution in [2.75, 3.05) is 13.2 Å². The maximum atomic E-state index is 14.0. The summed E-state index contributed by atoms with van der Waals surface area (Å²) >= 11 is 1.54. The van der Waals surface area contributed by atoms with Crippen LogP contribution in [0, 0.1) is 6.92 Å². The molecule has 4 aromatic rings. The Hall–Kier alpha value is -4.04. The number of aryl methyl sites for hydroxylation is 1. The molecule has 0 fully saturated rings. The zero-order valence-electron chi connectivity index (χ0n) is 19.8. The SMILES string of the molecule is Cc1ccc([C@@H](C(=O)NCc2ccco2)N(Cc2cccs2)C(=O)c2ccc3c(c2)OCCO3)cc1. The highest BCUT2D eigenvalue weighted by Crippen LogP contribution is 2.33. The van der Waals surface area contributed by atoms with Crippen LogP contribution in [-0.2, 0) is 17.9 Å². The number of ether oxygens (including phenoxy) is 2. The van der Waals surface area contributed by atoms with E-state index in [-0.39, 0.29) is 24.9 Å². The second-order valence-corrected chi connectivity index (χ2v) is 9.51. The molecule has 0 spiro atoms. The highest BCUT2D eigenvalue weighted by molar-refractivity contribution is 7.09. The van der Waals surface area contributed by atoms with Gasteiger partial charge in [-0.15, -0.1) is 11.3 Å². The summed E-state index contributed by atoms with van der Waals surface area (Å²) in [6, 6.07) is 19.4. The maximum absolute atomic E-state index is 14.0. The third-order valence-electron chi connectivity index (χ3n) is 5.93. The zero-order valence-corrected chi connectivity index (χ0v) is 20.6. The quantitative estimate of drug-likeness (QED) is 0.362. The fraction of sp³-hybridized carbons (Fsp3) is 0.214. The smallest absolute Gasteiger partial charge is 0.255 e. The van der Waals surface area contributed by atoms with Gasteiger partial charge < -0.3 is 24.1 Å². The largest absolute Gasteiger partial charge is 0.486 e. The van der Waals surface area contributed by atoms with E-state index < -0.39 is 6.04 Å². The molecule has 7 nitrogen and oxygen atoms in total. The first-order chi connectivity index (χ1) is 17.6. The van der Waals surface area contributed by atoms with Gasteiger partial charge in [0, 0.05) is 10.4 Å². The molecule has 5 rings (SSSR count). The molecule has 36 heavy (non-hydrogen) atoms. The lowest BCUT2D eigenvalue weighted by atomic mass is 10.0. The number of carbonyl (C=O) groups is 2. The van der Waals surface area contributed by atoms with Gasteiger partial charge in [0.05, 0.1) is 19.4 Å². The molecule has 184 valence electrons. The van der Waals surface area contributed by atoms with Crippen LogP contribution in [0.5, 0.6) is 11.5 Å². The summed E-state index contributed by atoms with van der Waals surface area (Å²) < 4.78 is 16.7. The van der Waals surface area contributed by atoms with E-state index in [9.17, 15) is 9.59 Å². The van der Waals surface area contributed by atoms with Crippen LogP contribution < -0.4 is 14.8 Å². The van der Waals surface area contributed by atoms with Crippen molar-refractivity contribution in [1.29, 1.82) is 0 Å². The third kappa shape index (κ3) is 5.28. The lowest BCUT2D eigenvalue weighted by molar-refractivity contribution is -0.126. The molecule has 1 aliphatic heterocycles. The van der Waals surface area contributed by atoms with E-state index in [4.69, 9.17) is 13.9 Å². The van der Waals surface area contributed by atoms with Crippen LogP contribution in [0.4, 0.5) is 0 Å². The number of hydrogen-bond acceptors (Lipinski definition) is 6. The summed E-state index contributed by atoms with van der Waals surface area (Å²) in [6.45, 7) is 3.37. The van der Waals surface area contributed by atoms with Crippen molar-refractivity contribution in [1.82, 2.24) is 10.2 Å². The number of carbonyl (C=O) groups excluding carboxylic acids is 2. The Labute approximate surface area is 213 Å². The second-order valence-electron chi connectivity index (χ2n) is 8.48. The Morgan fingerprint density at radius 3 is 2.53 bits per heavy atom. The van der Waals surface area contributed by atoms with Gasteiger partial charge in [-0.05, 0) is 54.3 Å². The topological polar surface area (TPSA) is 81.0 Å². The summed E-state index contributed by atoms with van der Waals surface area (Å²) in [5.74, 6) is 1.19. The normalized spacial score (nSPS) is 13.1. The second kappa shape index (κ2) is 10.7. The fourth-order valence-corrected chi connectivity index (χ4v) is 4.80. The molecular weight excluding hydrogens is 476 g/mol. The van der Waals surface area contributed by atoms with Crippen LogP contribution in [0.25, 0.3) is 0 Å². The van der Waals surface area contributed by atoms with E-state index in [0.717, 1.165) is 16.0 Å². The number of fused-ring (bicyclic) bond motifs is 1. The Morgan fingerprint density at radius 1 is 1.00 bits per heavy atom. The number of benzene rings is 2. The lowest BCUT2D eigenvalue weighted by Crippen LogP contribution is -2.43. The first-order valence-corrected chi connectivity index (χ1v) is 12.6. The summed E-state index contributed by atoms with van der Waals surface area (Å²) in [7, 11) is 0. The molecule has 0 saturated heterocycles. The van der Waals surface area contributed by atoms with Crippen molar-refractivity contribution in [3.63, 3.8) is 0 Å². The molecule has 8 heteroatoms. The van der Waals surface area contributed by atoms with Crippen LogP contribution in [0.15, 0.2) is 82.8 Å². The van der Waals surface area contributed by atoms with Crippen LogP contribution in [0.2, 0.25) is 0 Å². The van der Waals surface area contributed by atoms with E-state index in [1.165, 1.54) is 11.3 Å². The summed E-state index contributed by atoms with van der Waals surface area (Å²) in [5.41, 5.74) is 2.21. The van der Waals surface area contributed by atoms with Crippen LogP contribution in [0.3, 0.4) is 0 Å². The van der Waals surface area contributed by atoms with E-state index in [2.05, 4.69) is 5.32 Å². The molecule has 0 saturated carbocycles. The Morgan fingerprint density at radius 2 is 1.81 bits per heavy atom. The number of furan rings is 1. The Balaban J connectivity index is 1.52. The number of amides is 2. The van der Waals surface area contributed by atoms with Crippen LogP contribution in [-0.4, -0.2) is 29.9 Å². The molecule has 1 atom stereocenters. The minimum atomic E-state index is -0.858. The van der Waals surface area contributed by atoms with E-state index >= 15 is 0 Å². The maximum Gasteiger partial charge on any atom is 0.255 e. The van der Waals surface area contributed by atoms with Crippen molar-refractivity contribution in [3.05, 3.63) is 106 Å². The number of thiophene rings is 1. The minimum Gasteiger partial charge on any atom is -0.486 e. The highest BCUT2D eigenvalue weighted by atomic mass is 32.1. The first-order valence-electron chi connectivity index (χ1n) is 11.7. The molecule has 1 aliphatic rings. The van der Waals surface area contributed by atoms with Gasteiger partial charge in [-0.25, -0.2) is 0 Å². The summed E-state index contributed by atoms with van der Waals surface area (Å²) in [4.78, 5) is 30.3. The molecule has 0 unspecified atom stereocenters. The number of hydrogen-bond donors (Lipinski definition) is 1. The number of nitrogens with one attached hydrogen (secondary N) is 1. The van der Waals surface area contributed by atoms with Crippen molar-refractivity contribution in [3.8, 4) is 11.5 Å². The van der Waals surface area contributed by atoms with Gasteiger partial charge in [0.25, 0.3) is 5.91 Å². The highest BCUT2D eigenvalue weighted by Gasteiger charge is 2.33. The van der Waals surface area contributed by atoms with E-state index in [1.54, 1.807) is 41.5 Å². The van der Waals surface area contributed by atoms with Gasteiger partial charge >= 0.3 is 0 Å². The monoisotopic (exact) mass is 502 g/mol. The van der Waals surface area contributed by atoms with Gasteiger partial charge in [0.2, 0.25) is 5.91 Å². The van der Waals surface area contributed by atoms with Crippen molar-refractivity contribution >= 4 is 23.2 Å². The molecule has 3 heterocycles. The first kappa shape index (κ1) is 23.7. The number of nitrogens with zero attached hydrogens (tertiary/aromatic N) is 1. The van der Waals surface area contributed by atoms with Crippen molar-refractivity contribution < 1.29 is 23.5 Å². The molecule has 2 aromatic carbocycles. The average molecular weight is 503 g/mol. The Kier molecular flexibility index (Phi) is 7.04. The van der Waals surface area contributed by atoms with E-state index in [0.29, 0.717) is 36.0 Å². The van der Waals surface area contributed by atoms with Crippen LogP contribution in [0.1, 0.15) is 38.2 Å². The predicted octanol–water partition coefficient (Wildman–Crippen LogP) is 5.12. The Bertz CT molecular complexity index is 1320. The van der Waals surface area contributed by atoms with E-state index in [1.807, 2.05) is 48.7 Å². The van der Waals surface area contributed by atoms with Crippen molar-refractivity contribution in [2.45, 2.75) is 26.1 Å². The zero-order chi connectivity index (χ0) is 24.9. The van der Waals surface area contributed by atoms with Gasteiger partial charge in [-0.2, -0.15) is 0 Å². The molecule has 0 aliphatic carbocycles. The lowest BCUT2D eigenvalue weighted by Gasteiger charge is -2.31. The summed E-state index contributed by atoms with van der Waals surface area (Å²) in [5, 5.41) is 4.91. The van der Waals surface area contributed by atoms with Crippen molar-refractivity contribution in [2.24, 2.45) is 0 Å². The predicted molar refractivity (Wildman–Crippen MR) is 136 cm³/mol. The molecule has 1 N–H and O–H groups in total. The number of rotatable bonds is 8. The standard InChI is InChI=1S/C28H26N2O5S/c1-19-6-8-20(9-7-19)26(27(31)29-17-22-4-2-12-33-22)30(18-23-5-3-15-36-23)28(32)21-10-11-24-25(16-21)35-14-13-34-24/h2-12,15-16,26H,13-14,17-18H2,1H3,(H,29,31)/t26-/m0/s1. The molecular formula is C28H26N2O5S. The van der Waals surface area contributed by atoms with Gasteiger partial charge in [0.1, 0.15) is 25.0 Å². The summed E-state index contributed by atoms with van der Waals surface area (Å²) in [6.07, 6.45) is 1.56. The minimum absolute atomic E-state index is 0.221. The fourth-order valence-electron chi connectivity index (χ4n) is 4.10. The van der Waals surface area contributed by atoms with Gasteiger partial charge in [0.15, 0.2) is 11.5 Å². The van der Waals surface area contributed by atoms with Gasteiger partial charge in [-0.1, -0.05) is 35.9 Å². The molecule has 2 amide bonds. The third-order valence-corrected chi connectivity index (χ3v) is 6.79. The molecule has 2 aromatic heterocycles. The average Bonchev–Trinajstić information content (AvgIpc) is 3.62.